The van der Waals surface area contributed by atoms with Crippen LogP contribution in [-0.2, 0) is 0 Å². The Hall–Kier alpha value is -2.66. The minimum Gasteiger partial charge on any atom is -0.497 e. The quantitative estimate of drug-likeness (QED) is 0.545. The highest BCUT2D eigenvalue weighted by Gasteiger charge is 2.11. The van der Waals surface area contributed by atoms with E-state index in [1.54, 1.807) is 13.4 Å². The van der Waals surface area contributed by atoms with Gasteiger partial charge in [-0.15, -0.1) is 0 Å². The monoisotopic (exact) mass is 308 g/mol. The third-order valence-corrected chi connectivity index (χ3v) is 4.07. The summed E-state index contributed by atoms with van der Waals surface area (Å²) < 4.78 is 11.6. The molecular weight excluding hydrogens is 296 g/mol. The number of fused-ring (bicyclic) bond motifs is 2. The summed E-state index contributed by atoms with van der Waals surface area (Å²) >= 11 is 5.60. The molecule has 0 saturated carbocycles. The zero-order valence-corrected chi connectivity index (χ0v) is 12.6. The molecule has 108 valence electrons. The number of benzene rings is 2. The molecule has 0 unspecified atom stereocenters. The van der Waals surface area contributed by atoms with Crippen molar-refractivity contribution in [3.8, 4) is 17.1 Å². The van der Waals surface area contributed by atoms with Crippen LogP contribution in [0.3, 0.4) is 0 Å². The second kappa shape index (κ2) is 4.96. The predicted octanol–water partition coefficient (Wildman–Crippen LogP) is 4.71. The lowest BCUT2D eigenvalue weighted by Gasteiger charge is -2.04. The van der Waals surface area contributed by atoms with E-state index < -0.39 is 0 Å². The highest BCUT2D eigenvalue weighted by Crippen LogP contribution is 2.28. The molecule has 4 nitrogen and oxygen atoms in total. The summed E-state index contributed by atoms with van der Waals surface area (Å²) in [5.74, 6) is 1.45. The summed E-state index contributed by atoms with van der Waals surface area (Å²) in [4.78, 5) is 7.85. The molecule has 2 aromatic carbocycles. The topological polar surface area (TPSA) is 51.0 Å². The zero-order valence-electron chi connectivity index (χ0n) is 11.8. The SMILES string of the molecule is COc1ccc2c(=S)c(-c3nc4ccccc4[nH]3)coc2c1. The third kappa shape index (κ3) is 1.98. The molecule has 0 saturated heterocycles. The third-order valence-electron chi connectivity index (χ3n) is 3.63. The van der Waals surface area contributed by atoms with E-state index in [0.29, 0.717) is 15.9 Å². The molecule has 2 aromatic heterocycles. The van der Waals surface area contributed by atoms with Gasteiger partial charge in [0.1, 0.15) is 23.4 Å². The van der Waals surface area contributed by atoms with Crippen LogP contribution in [0.25, 0.3) is 33.4 Å². The number of hydrogen-bond donors (Lipinski definition) is 1. The Bertz CT molecular complexity index is 1020. The van der Waals surface area contributed by atoms with Gasteiger partial charge in [-0.05, 0) is 24.3 Å². The number of aromatic nitrogens is 2. The van der Waals surface area contributed by atoms with Crippen molar-refractivity contribution in [2.75, 3.05) is 7.11 Å². The van der Waals surface area contributed by atoms with Gasteiger partial charge >= 0.3 is 0 Å². The molecule has 0 spiro atoms. The van der Waals surface area contributed by atoms with Gasteiger partial charge in [-0.3, -0.25) is 0 Å². The lowest BCUT2D eigenvalue weighted by atomic mass is 10.2. The average molecular weight is 308 g/mol. The van der Waals surface area contributed by atoms with Crippen molar-refractivity contribution in [1.82, 2.24) is 9.97 Å². The highest BCUT2D eigenvalue weighted by molar-refractivity contribution is 7.71. The number of aromatic amines is 1. The first-order valence-corrected chi connectivity index (χ1v) is 7.22. The fourth-order valence-electron chi connectivity index (χ4n) is 2.48. The van der Waals surface area contributed by atoms with Crippen LogP contribution >= 0.6 is 12.2 Å². The number of para-hydroxylation sites is 2. The maximum absolute atomic E-state index is 5.71. The lowest BCUT2D eigenvalue weighted by molar-refractivity contribution is 0.414. The normalized spacial score (nSPS) is 11.1. The maximum Gasteiger partial charge on any atom is 0.143 e. The van der Waals surface area contributed by atoms with Crippen LogP contribution in [0.4, 0.5) is 0 Å². The Morgan fingerprint density at radius 3 is 2.86 bits per heavy atom. The highest BCUT2D eigenvalue weighted by atomic mass is 32.1. The Morgan fingerprint density at radius 1 is 1.18 bits per heavy atom. The summed E-state index contributed by atoms with van der Waals surface area (Å²) in [6.45, 7) is 0. The first-order valence-electron chi connectivity index (χ1n) is 6.81. The largest absolute Gasteiger partial charge is 0.497 e. The van der Waals surface area contributed by atoms with Crippen molar-refractivity contribution in [3.05, 3.63) is 53.2 Å². The number of imidazole rings is 1. The van der Waals surface area contributed by atoms with Gasteiger partial charge in [0, 0.05) is 11.5 Å². The maximum atomic E-state index is 5.71. The Kier molecular flexibility index (Phi) is 2.94. The zero-order chi connectivity index (χ0) is 15.1. The van der Waals surface area contributed by atoms with Crippen LogP contribution in [-0.4, -0.2) is 17.1 Å². The van der Waals surface area contributed by atoms with Crippen molar-refractivity contribution in [2.45, 2.75) is 0 Å². The van der Waals surface area contributed by atoms with Crippen molar-refractivity contribution >= 4 is 34.2 Å². The second-order valence-corrected chi connectivity index (χ2v) is 5.35. The van der Waals surface area contributed by atoms with Gasteiger partial charge in [0.2, 0.25) is 0 Å². The molecule has 0 radical (unpaired) electrons. The first kappa shape index (κ1) is 13.0. The smallest absolute Gasteiger partial charge is 0.143 e. The van der Waals surface area contributed by atoms with E-state index in [-0.39, 0.29) is 0 Å². The van der Waals surface area contributed by atoms with Crippen LogP contribution in [0.1, 0.15) is 0 Å². The fourth-order valence-corrected chi connectivity index (χ4v) is 2.79. The van der Waals surface area contributed by atoms with E-state index >= 15 is 0 Å². The number of nitrogens with one attached hydrogen (secondary N) is 1. The summed E-state index contributed by atoms with van der Waals surface area (Å²) in [7, 11) is 1.62. The summed E-state index contributed by atoms with van der Waals surface area (Å²) in [6, 6.07) is 13.5. The van der Waals surface area contributed by atoms with Crippen molar-refractivity contribution in [1.29, 1.82) is 0 Å². The van der Waals surface area contributed by atoms with Crippen molar-refractivity contribution in [3.63, 3.8) is 0 Å². The van der Waals surface area contributed by atoms with E-state index in [4.69, 9.17) is 21.4 Å². The molecular formula is C17H12N2O2S. The molecule has 0 bridgehead atoms. The van der Waals surface area contributed by atoms with Gasteiger partial charge in [-0.2, -0.15) is 0 Å². The summed E-state index contributed by atoms with van der Waals surface area (Å²) in [6.07, 6.45) is 1.64. The molecule has 0 aliphatic rings. The number of hydrogen-bond acceptors (Lipinski definition) is 4. The van der Waals surface area contributed by atoms with Gasteiger partial charge in [0.15, 0.2) is 0 Å². The fraction of sp³-hybridized carbons (Fsp3) is 0.0588. The summed E-state index contributed by atoms with van der Waals surface area (Å²) in [5, 5.41) is 0.869. The van der Waals surface area contributed by atoms with Crippen LogP contribution in [0, 0.1) is 4.51 Å². The number of nitrogens with zero attached hydrogens (tertiary/aromatic N) is 1. The minimum absolute atomic E-state index is 0.698. The lowest BCUT2D eigenvalue weighted by Crippen LogP contribution is -1.86. The van der Waals surface area contributed by atoms with E-state index in [9.17, 15) is 0 Å². The number of ether oxygens (including phenoxy) is 1. The molecule has 0 aliphatic heterocycles. The molecule has 4 rings (SSSR count). The number of H-pyrrole nitrogens is 1. The Balaban J connectivity index is 1.95. The minimum atomic E-state index is 0.698. The van der Waals surface area contributed by atoms with E-state index in [1.807, 2.05) is 42.5 Å². The number of methoxy groups -OCH3 is 1. The van der Waals surface area contributed by atoms with Gasteiger partial charge in [-0.25, -0.2) is 4.98 Å². The van der Waals surface area contributed by atoms with Gasteiger partial charge < -0.3 is 14.1 Å². The van der Waals surface area contributed by atoms with Crippen LogP contribution < -0.4 is 4.74 Å². The van der Waals surface area contributed by atoms with Crippen molar-refractivity contribution in [2.24, 2.45) is 0 Å². The molecule has 22 heavy (non-hydrogen) atoms. The standard InChI is InChI=1S/C17H12N2O2S/c1-20-10-6-7-11-15(8-10)21-9-12(16(11)22)17-18-13-4-2-3-5-14(13)19-17/h2-9H,1H3,(H,18,19). The van der Waals surface area contributed by atoms with E-state index in [0.717, 1.165) is 27.7 Å². The predicted molar refractivity (Wildman–Crippen MR) is 88.7 cm³/mol. The molecule has 1 N–H and O–H groups in total. The van der Waals surface area contributed by atoms with E-state index in [2.05, 4.69) is 9.97 Å². The van der Waals surface area contributed by atoms with Gasteiger partial charge in [-0.1, -0.05) is 24.4 Å². The van der Waals surface area contributed by atoms with Gasteiger partial charge in [0.05, 0.1) is 28.2 Å². The molecule has 0 aliphatic carbocycles. The number of rotatable bonds is 2. The molecule has 0 fully saturated rings. The Labute approximate surface area is 131 Å². The van der Waals surface area contributed by atoms with E-state index in [1.165, 1.54) is 0 Å². The molecule has 4 aromatic rings. The average Bonchev–Trinajstić information content (AvgIpc) is 2.98. The molecule has 5 heteroatoms. The first-order chi connectivity index (χ1) is 10.8. The van der Waals surface area contributed by atoms with Crippen molar-refractivity contribution < 1.29 is 9.15 Å². The Morgan fingerprint density at radius 2 is 2.05 bits per heavy atom. The van der Waals surface area contributed by atoms with Crippen LogP contribution in [0.15, 0.2) is 53.1 Å². The molecule has 0 atom stereocenters. The molecule has 2 heterocycles. The summed E-state index contributed by atoms with van der Waals surface area (Å²) in [5.41, 5.74) is 3.36. The van der Waals surface area contributed by atoms with Crippen LogP contribution in [0.5, 0.6) is 5.75 Å². The molecule has 0 amide bonds. The van der Waals surface area contributed by atoms with Gasteiger partial charge in [0.25, 0.3) is 0 Å². The van der Waals surface area contributed by atoms with Crippen LogP contribution in [0.2, 0.25) is 0 Å². The second-order valence-electron chi connectivity index (χ2n) is 4.94.